The smallest absolute Gasteiger partial charge is 0.353 e. The van der Waals surface area contributed by atoms with Crippen molar-refractivity contribution in [1.82, 2.24) is 40.6 Å². The fourth-order valence-corrected chi connectivity index (χ4v) is 7.71. The van der Waals surface area contributed by atoms with Crippen LogP contribution in [0.15, 0.2) is 16.9 Å². The van der Waals surface area contributed by atoms with E-state index in [1.54, 1.807) is 11.8 Å². The third-order valence-electron chi connectivity index (χ3n) is 8.17. The molecule has 0 saturated carbocycles. The molecule has 0 aliphatic carbocycles. The van der Waals surface area contributed by atoms with Crippen molar-refractivity contribution < 1.29 is 29.4 Å². The van der Waals surface area contributed by atoms with Gasteiger partial charge in [0.2, 0.25) is 17.7 Å². The van der Waals surface area contributed by atoms with Gasteiger partial charge >= 0.3 is 5.97 Å². The van der Waals surface area contributed by atoms with Gasteiger partial charge in [0.25, 0.3) is 0 Å². The number of aliphatic hydroxyl groups is 1. The molecule has 3 saturated heterocycles. The lowest BCUT2D eigenvalue weighted by atomic mass is 9.78. The van der Waals surface area contributed by atoms with E-state index in [9.17, 15) is 29.4 Å². The summed E-state index contributed by atoms with van der Waals surface area (Å²) in [5.41, 5.74) is 6.02. The molecule has 8 atom stereocenters. The summed E-state index contributed by atoms with van der Waals surface area (Å²) in [4.78, 5) is 54.6. The third kappa shape index (κ3) is 4.90. The number of nitrogens with two attached hydrogens (primary N) is 1. The van der Waals surface area contributed by atoms with Gasteiger partial charge in [0.05, 0.1) is 30.7 Å². The number of carboxylic acid groups (broad SMARTS) is 1. The molecule has 1 unspecified atom stereocenters. The average molecular weight is 564 g/mol. The minimum Gasteiger partial charge on any atom is -0.477 e. The number of aliphatic carboxylic acids is 1. The lowest BCUT2D eigenvalue weighted by molar-refractivity contribution is -0.158. The number of hydrogen-bond donors (Lipinski definition) is 5. The fourth-order valence-electron chi connectivity index (χ4n) is 6.23. The van der Waals surface area contributed by atoms with E-state index in [1.807, 2.05) is 6.92 Å². The Morgan fingerprint density at radius 3 is 2.79 bits per heavy atom. The second-order valence-electron chi connectivity index (χ2n) is 10.6. The molecule has 1 aromatic heterocycles. The molecule has 39 heavy (non-hydrogen) atoms. The number of amides is 3. The summed E-state index contributed by atoms with van der Waals surface area (Å²) in [5.74, 6) is -2.81. The van der Waals surface area contributed by atoms with E-state index in [-0.39, 0.29) is 53.8 Å². The first-order valence-electron chi connectivity index (χ1n) is 13.0. The normalized spacial score (nSPS) is 32.8. The molecule has 212 valence electrons. The van der Waals surface area contributed by atoms with Crippen LogP contribution in [0.2, 0.25) is 0 Å². The van der Waals surface area contributed by atoms with Gasteiger partial charge in [-0.15, -0.1) is 16.9 Å². The van der Waals surface area contributed by atoms with E-state index in [0.717, 1.165) is 0 Å². The molecular weight excluding hydrogens is 530 g/mol. The van der Waals surface area contributed by atoms with Crippen molar-refractivity contribution in [3.63, 3.8) is 0 Å². The van der Waals surface area contributed by atoms with Gasteiger partial charge in [-0.2, -0.15) is 0 Å². The molecule has 3 amide bonds. The zero-order valence-corrected chi connectivity index (χ0v) is 22.5. The molecule has 0 aromatic carbocycles. The molecule has 16 heteroatoms. The van der Waals surface area contributed by atoms with Crippen molar-refractivity contribution in [2.75, 3.05) is 19.7 Å². The summed E-state index contributed by atoms with van der Waals surface area (Å²) in [6.45, 7) is 4.34. The van der Waals surface area contributed by atoms with Crippen molar-refractivity contribution in [2.24, 2.45) is 17.6 Å². The number of nitrogens with one attached hydrogen (secondary N) is 2. The Labute approximate surface area is 228 Å². The SMILES string of the molecule is CC(NC(=O)Cn1cnnn1)[C@H]1C(=O)N2C(C(=O)O)=C(S[C@@H]3CN[C@H](C(=O)N4CC[C@@H](N)[C@H]4CO)C3)[C@H](C)[C@H]12. The molecule has 4 aliphatic heterocycles. The third-order valence-corrected chi connectivity index (χ3v) is 9.68. The van der Waals surface area contributed by atoms with Crippen LogP contribution >= 0.6 is 11.8 Å². The highest BCUT2D eigenvalue weighted by atomic mass is 32.2. The number of tetrazole rings is 1. The Kier molecular flexibility index (Phi) is 7.63. The monoisotopic (exact) mass is 563 g/mol. The molecule has 15 nitrogen and oxygen atoms in total. The maximum absolute atomic E-state index is 13.1. The number of hydrogen-bond acceptors (Lipinski definition) is 11. The number of carboxylic acids is 1. The molecule has 5 heterocycles. The zero-order chi connectivity index (χ0) is 28.0. The summed E-state index contributed by atoms with van der Waals surface area (Å²) < 4.78 is 1.27. The Bertz CT molecular complexity index is 1180. The summed E-state index contributed by atoms with van der Waals surface area (Å²) in [6, 6.07) is -2.02. The number of rotatable bonds is 9. The minimum atomic E-state index is -1.18. The van der Waals surface area contributed by atoms with Crippen LogP contribution in [0.25, 0.3) is 0 Å². The standard InChI is InChI=1S/C23H33N9O6S/c1-10-18-17(11(2)27-16(34)7-30-9-26-28-29-30)22(36)32(18)19(23(37)38)20(10)39-12-5-14(25-6-12)21(35)31-4-3-13(24)15(31)8-33/h9-15,17-18,25,33H,3-8,24H2,1-2H3,(H,27,34)(H,37,38)/t10-,11?,12+,13-,14+,15-,17-,18-/m1/s1. The maximum atomic E-state index is 13.1. The molecule has 6 N–H and O–H groups in total. The first kappa shape index (κ1) is 27.5. The highest BCUT2D eigenvalue weighted by molar-refractivity contribution is 8.03. The van der Waals surface area contributed by atoms with E-state index in [1.165, 1.54) is 27.7 Å². The number of nitrogens with zero attached hydrogens (tertiary/aromatic N) is 6. The topological polar surface area (TPSA) is 209 Å². The number of likely N-dealkylation sites (tertiary alicyclic amines) is 1. The van der Waals surface area contributed by atoms with E-state index in [2.05, 4.69) is 26.2 Å². The number of carbonyl (C=O) groups excluding carboxylic acids is 3. The molecule has 5 rings (SSSR count). The molecule has 1 aromatic rings. The molecule has 0 spiro atoms. The van der Waals surface area contributed by atoms with Crippen LogP contribution in [0.1, 0.15) is 26.7 Å². The molecule has 4 aliphatic rings. The summed E-state index contributed by atoms with van der Waals surface area (Å²) in [6.07, 6.45) is 2.44. The minimum absolute atomic E-state index is 0.0217. The predicted molar refractivity (Wildman–Crippen MR) is 136 cm³/mol. The first-order chi connectivity index (χ1) is 18.6. The van der Waals surface area contributed by atoms with Gasteiger partial charge in [0, 0.05) is 41.2 Å². The Hall–Kier alpha value is -3.08. The van der Waals surface area contributed by atoms with Crippen LogP contribution in [0.4, 0.5) is 0 Å². The van der Waals surface area contributed by atoms with E-state index in [4.69, 9.17) is 5.73 Å². The quantitative estimate of drug-likeness (QED) is 0.195. The van der Waals surface area contributed by atoms with Crippen LogP contribution in [0, 0.1) is 11.8 Å². The summed E-state index contributed by atoms with van der Waals surface area (Å²) in [5, 5.41) is 36.3. The van der Waals surface area contributed by atoms with Crippen molar-refractivity contribution >= 4 is 35.5 Å². The second kappa shape index (κ2) is 10.8. The average Bonchev–Trinajstić information content (AvgIpc) is 3.67. The first-order valence-corrected chi connectivity index (χ1v) is 13.9. The number of aromatic nitrogens is 4. The number of β-lactam (4-membered cyclic amide) rings is 1. The molecule has 3 fully saturated rings. The Morgan fingerprint density at radius 2 is 2.13 bits per heavy atom. The van der Waals surface area contributed by atoms with Gasteiger partial charge in [-0.3, -0.25) is 14.4 Å². The Balaban J connectivity index is 1.23. The van der Waals surface area contributed by atoms with Crippen LogP contribution in [0.5, 0.6) is 0 Å². The van der Waals surface area contributed by atoms with Crippen LogP contribution < -0.4 is 16.4 Å². The summed E-state index contributed by atoms with van der Waals surface area (Å²) in [7, 11) is 0. The highest BCUT2D eigenvalue weighted by Gasteiger charge is 2.60. The lowest BCUT2D eigenvalue weighted by Crippen LogP contribution is -2.66. The lowest BCUT2D eigenvalue weighted by Gasteiger charge is -2.47. The van der Waals surface area contributed by atoms with Crippen molar-refractivity contribution in [2.45, 2.75) is 68.7 Å². The fraction of sp³-hybridized carbons (Fsp3) is 0.696. The number of aliphatic hydroxyl groups excluding tert-OH is 1. The van der Waals surface area contributed by atoms with Crippen LogP contribution in [0.3, 0.4) is 0 Å². The second-order valence-corrected chi connectivity index (χ2v) is 11.9. The molecule has 0 bridgehead atoms. The Morgan fingerprint density at radius 1 is 1.36 bits per heavy atom. The van der Waals surface area contributed by atoms with Gasteiger partial charge in [0.15, 0.2) is 0 Å². The van der Waals surface area contributed by atoms with Crippen molar-refractivity contribution in [3.05, 3.63) is 16.9 Å². The molecule has 0 radical (unpaired) electrons. The van der Waals surface area contributed by atoms with Gasteiger partial charge in [0.1, 0.15) is 18.6 Å². The predicted octanol–water partition coefficient (Wildman–Crippen LogP) is -2.67. The van der Waals surface area contributed by atoms with Gasteiger partial charge < -0.3 is 36.4 Å². The van der Waals surface area contributed by atoms with E-state index in [0.29, 0.717) is 30.8 Å². The number of thioether (sulfide) groups is 1. The number of carbonyl (C=O) groups is 4. The van der Waals surface area contributed by atoms with E-state index < -0.39 is 36.1 Å². The number of fused-ring (bicyclic) bond motifs is 1. The largest absolute Gasteiger partial charge is 0.477 e. The van der Waals surface area contributed by atoms with Gasteiger partial charge in [-0.25, -0.2) is 9.48 Å². The van der Waals surface area contributed by atoms with Crippen LogP contribution in [-0.4, -0.2) is 119 Å². The summed E-state index contributed by atoms with van der Waals surface area (Å²) >= 11 is 1.39. The van der Waals surface area contributed by atoms with Gasteiger partial charge in [-0.1, -0.05) is 6.92 Å². The highest BCUT2D eigenvalue weighted by Crippen LogP contribution is 2.51. The maximum Gasteiger partial charge on any atom is 0.353 e. The van der Waals surface area contributed by atoms with Crippen molar-refractivity contribution in [1.29, 1.82) is 0 Å². The van der Waals surface area contributed by atoms with Gasteiger partial charge in [-0.05, 0) is 30.2 Å². The van der Waals surface area contributed by atoms with E-state index >= 15 is 0 Å². The molecular formula is C23H33N9O6S. The van der Waals surface area contributed by atoms with Crippen LogP contribution in [-0.2, 0) is 25.7 Å². The zero-order valence-electron chi connectivity index (χ0n) is 21.6. The van der Waals surface area contributed by atoms with Crippen molar-refractivity contribution in [3.8, 4) is 0 Å².